The molecule has 7 heteroatoms. The van der Waals surface area contributed by atoms with Crippen LogP contribution in [-0.2, 0) is 11.3 Å². The molecule has 22 heavy (non-hydrogen) atoms. The van der Waals surface area contributed by atoms with Crippen LogP contribution in [0.5, 0.6) is 0 Å². The van der Waals surface area contributed by atoms with E-state index in [1.165, 1.54) is 22.9 Å². The van der Waals surface area contributed by atoms with Crippen LogP contribution in [0.15, 0.2) is 47.4 Å². The van der Waals surface area contributed by atoms with Crippen LogP contribution in [0.2, 0.25) is 5.02 Å². The Bertz CT molecular complexity index is 756. The van der Waals surface area contributed by atoms with E-state index in [0.29, 0.717) is 15.7 Å². The lowest BCUT2D eigenvalue weighted by atomic mass is 10.2. The molecule has 0 unspecified atom stereocenters. The number of amides is 1. The van der Waals surface area contributed by atoms with Crippen LogP contribution in [0.4, 0.5) is 5.69 Å². The molecule has 114 valence electrons. The van der Waals surface area contributed by atoms with Crippen LogP contribution >= 0.6 is 23.8 Å². The average Bonchev–Trinajstić information content (AvgIpc) is 2.49. The van der Waals surface area contributed by atoms with Gasteiger partial charge in [0, 0.05) is 36.5 Å². The van der Waals surface area contributed by atoms with E-state index in [9.17, 15) is 9.59 Å². The summed E-state index contributed by atoms with van der Waals surface area (Å²) in [4.78, 5) is 23.8. The van der Waals surface area contributed by atoms with Crippen molar-refractivity contribution in [3.8, 4) is 0 Å². The second-order valence-electron chi connectivity index (χ2n) is 4.62. The molecule has 0 spiro atoms. The van der Waals surface area contributed by atoms with E-state index in [2.05, 4.69) is 5.32 Å². The third kappa shape index (κ3) is 4.41. The summed E-state index contributed by atoms with van der Waals surface area (Å²) >= 11 is 10.7. The molecule has 0 atom stereocenters. The summed E-state index contributed by atoms with van der Waals surface area (Å²) in [5, 5.41) is 3.19. The van der Waals surface area contributed by atoms with E-state index >= 15 is 0 Å². The maximum atomic E-state index is 11.9. The van der Waals surface area contributed by atoms with Gasteiger partial charge in [0.25, 0.3) is 5.56 Å². The number of nitrogens with two attached hydrogens (primary N) is 1. The van der Waals surface area contributed by atoms with E-state index in [4.69, 9.17) is 29.6 Å². The van der Waals surface area contributed by atoms with Gasteiger partial charge in [-0.1, -0.05) is 23.8 Å². The predicted molar refractivity (Wildman–Crippen MR) is 91.3 cm³/mol. The van der Waals surface area contributed by atoms with Gasteiger partial charge in [-0.05, 0) is 30.3 Å². The summed E-state index contributed by atoms with van der Waals surface area (Å²) in [5.74, 6) is -0.199. The van der Waals surface area contributed by atoms with Gasteiger partial charge >= 0.3 is 0 Å². The Labute approximate surface area is 137 Å². The van der Waals surface area contributed by atoms with Gasteiger partial charge < -0.3 is 15.6 Å². The molecule has 3 N–H and O–H groups in total. The molecule has 2 rings (SSSR count). The first kappa shape index (κ1) is 16.2. The fourth-order valence-electron chi connectivity index (χ4n) is 1.84. The van der Waals surface area contributed by atoms with Crippen molar-refractivity contribution < 1.29 is 4.79 Å². The number of anilines is 1. The number of hydrogen-bond donors (Lipinski definition) is 2. The average molecular weight is 336 g/mol. The lowest BCUT2D eigenvalue weighted by molar-refractivity contribution is -0.116. The molecule has 0 aliphatic heterocycles. The fourth-order valence-corrected chi connectivity index (χ4v) is 2.16. The van der Waals surface area contributed by atoms with Crippen molar-refractivity contribution in [3.63, 3.8) is 0 Å². The summed E-state index contributed by atoms with van der Waals surface area (Å²) in [7, 11) is 0. The van der Waals surface area contributed by atoms with Gasteiger partial charge in [0.2, 0.25) is 5.91 Å². The summed E-state index contributed by atoms with van der Waals surface area (Å²) in [5.41, 5.74) is 6.68. The van der Waals surface area contributed by atoms with Gasteiger partial charge in [-0.25, -0.2) is 0 Å². The number of aromatic nitrogens is 1. The second kappa shape index (κ2) is 7.20. The lowest BCUT2D eigenvalue weighted by Crippen LogP contribution is -2.22. The molecule has 0 aliphatic carbocycles. The fraction of sp³-hybridized carbons (Fsp3) is 0.133. The first-order chi connectivity index (χ1) is 10.5. The van der Waals surface area contributed by atoms with Crippen molar-refractivity contribution in [2.75, 3.05) is 5.32 Å². The van der Waals surface area contributed by atoms with Crippen molar-refractivity contribution in [2.24, 2.45) is 5.73 Å². The van der Waals surface area contributed by atoms with E-state index < -0.39 is 0 Å². The molecule has 1 heterocycles. The molecule has 0 saturated carbocycles. The number of carbonyl (C=O) groups excluding carboxylic acids is 1. The highest BCUT2D eigenvalue weighted by Crippen LogP contribution is 2.10. The molecule has 1 aromatic heterocycles. The van der Waals surface area contributed by atoms with E-state index in [-0.39, 0.29) is 24.4 Å². The number of hydrogen-bond acceptors (Lipinski definition) is 3. The summed E-state index contributed by atoms with van der Waals surface area (Å²) in [6.45, 7) is 0.260. The zero-order chi connectivity index (χ0) is 16.1. The molecule has 0 saturated heterocycles. The van der Waals surface area contributed by atoms with Gasteiger partial charge in [-0.15, -0.1) is 0 Å². The largest absolute Gasteiger partial charge is 0.389 e. The SMILES string of the molecule is NC(=S)c1ccc(NC(=O)CCn2cc(Cl)ccc2=O)cc1. The van der Waals surface area contributed by atoms with Gasteiger partial charge in [0.15, 0.2) is 0 Å². The topological polar surface area (TPSA) is 77.1 Å². The predicted octanol–water partition coefficient (Wildman–Crippen LogP) is 2.16. The smallest absolute Gasteiger partial charge is 0.250 e. The zero-order valence-corrected chi connectivity index (χ0v) is 13.2. The summed E-state index contributed by atoms with van der Waals surface area (Å²) in [6.07, 6.45) is 1.67. The second-order valence-corrected chi connectivity index (χ2v) is 5.49. The Balaban J connectivity index is 1.94. The van der Waals surface area contributed by atoms with Gasteiger partial charge in [0.05, 0.1) is 5.02 Å². The third-order valence-electron chi connectivity index (χ3n) is 2.98. The van der Waals surface area contributed by atoms with Crippen LogP contribution in [0.1, 0.15) is 12.0 Å². The summed E-state index contributed by atoms with van der Waals surface area (Å²) in [6, 6.07) is 9.80. The quantitative estimate of drug-likeness (QED) is 0.821. The van der Waals surface area contributed by atoms with Crippen LogP contribution in [0.3, 0.4) is 0 Å². The van der Waals surface area contributed by atoms with Crippen LogP contribution < -0.4 is 16.6 Å². The molecule has 0 aliphatic rings. The third-order valence-corrected chi connectivity index (χ3v) is 3.44. The molecular formula is C15H14ClN3O2S. The Morgan fingerprint density at radius 2 is 1.91 bits per heavy atom. The Morgan fingerprint density at radius 1 is 1.23 bits per heavy atom. The Kier molecular flexibility index (Phi) is 5.30. The minimum Gasteiger partial charge on any atom is -0.389 e. The molecule has 0 radical (unpaired) electrons. The number of nitrogens with zero attached hydrogens (tertiary/aromatic N) is 1. The lowest BCUT2D eigenvalue weighted by Gasteiger charge is -2.08. The van der Waals surface area contributed by atoms with Crippen molar-refractivity contribution in [1.29, 1.82) is 0 Å². The Hall–Kier alpha value is -2.18. The maximum Gasteiger partial charge on any atom is 0.250 e. The Morgan fingerprint density at radius 3 is 2.55 bits per heavy atom. The first-order valence-corrected chi connectivity index (χ1v) is 7.30. The summed E-state index contributed by atoms with van der Waals surface area (Å²) < 4.78 is 1.40. The number of carbonyl (C=O) groups is 1. The molecule has 2 aromatic rings. The number of aryl methyl sites for hydroxylation is 1. The van der Waals surface area contributed by atoms with E-state index in [0.717, 1.165) is 5.56 Å². The van der Waals surface area contributed by atoms with Crippen LogP contribution in [-0.4, -0.2) is 15.5 Å². The highest BCUT2D eigenvalue weighted by molar-refractivity contribution is 7.80. The van der Waals surface area contributed by atoms with Crippen molar-refractivity contribution in [2.45, 2.75) is 13.0 Å². The standard InChI is InChI=1S/C15H14ClN3O2S/c16-11-3-6-14(21)19(9-11)8-7-13(20)18-12-4-1-10(2-5-12)15(17)22/h1-6,9H,7-8H2,(H2,17,22)(H,18,20). The number of benzene rings is 1. The number of halogens is 1. The number of pyridine rings is 1. The normalized spacial score (nSPS) is 10.2. The van der Waals surface area contributed by atoms with Crippen molar-refractivity contribution >= 4 is 40.4 Å². The van der Waals surface area contributed by atoms with Gasteiger partial charge in [0.1, 0.15) is 4.99 Å². The molecule has 1 amide bonds. The number of rotatable bonds is 5. The van der Waals surface area contributed by atoms with Gasteiger partial charge in [-0.3, -0.25) is 9.59 Å². The first-order valence-electron chi connectivity index (χ1n) is 6.51. The van der Waals surface area contributed by atoms with Crippen LogP contribution in [0, 0.1) is 0 Å². The number of nitrogens with one attached hydrogen (secondary N) is 1. The monoisotopic (exact) mass is 335 g/mol. The van der Waals surface area contributed by atoms with Gasteiger partial charge in [-0.2, -0.15) is 0 Å². The molecule has 5 nitrogen and oxygen atoms in total. The highest BCUT2D eigenvalue weighted by Gasteiger charge is 2.05. The molecular weight excluding hydrogens is 322 g/mol. The minimum atomic E-state index is -0.199. The molecule has 0 fully saturated rings. The van der Waals surface area contributed by atoms with E-state index in [1.54, 1.807) is 24.3 Å². The molecule has 1 aromatic carbocycles. The number of thiocarbonyl (C=S) groups is 1. The van der Waals surface area contributed by atoms with Crippen molar-refractivity contribution in [3.05, 3.63) is 63.5 Å². The van der Waals surface area contributed by atoms with Crippen molar-refractivity contribution in [1.82, 2.24) is 4.57 Å². The minimum absolute atomic E-state index is 0.164. The molecule has 0 bridgehead atoms. The maximum absolute atomic E-state index is 11.9. The highest BCUT2D eigenvalue weighted by atomic mass is 35.5. The van der Waals surface area contributed by atoms with Crippen LogP contribution in [0.25, 0.3) is 0 Å². The zero-order valence-electron chi connectivity index (χ0n) is 11.6. The van der Waals surface area contributed by atoms with E-state index in [1.807, 2.05) is 0 Å².